The van der Waals surface area contributed by atoms with E-state index in [1.807, 2.05) is 0 Å². The van der Waals surface area contributed by atoms with Crippen LogP contribution in [0.3, 0.4) is 0 Å². The van der Waals surface area contributed by atoms with Gasteiger partial charge in [-0.25, -0.2) is 18.7 Å². The molecule has 2 rings (SSSR count). The van der Waals surface area contributed by atoms with Crippen LogP contribution in [0.1, 0.15) is 11.1 Å². The van der Waals surface area contributed by atoms with Gasteiger partial charge in [0.25, 0.3) is 0 Å². The van der Waals surface area contributed by atoms with E-state index in [0.29, 0.717) is 11.4 Å². The second-order valence-corrected chi connectivity index (χ2v) is 4.20. The molecule has 0 aliphatic heterocycles. The number of aryl methyl sites for hydroxylation is 1. The average molecular weight is 270 g/mol. The first kappa shape index (κ1) is 12.7. The standard InChI is InChI=1S/C12H10ClF2N3/c1-6-3-9(15)10(4-8(6)14)18-12-7(2)11(13)16-5-17-12/h3-5H,1-2H3,(H,16,17,18). The predicted molar refractivity (Wildman–Crippen MR) is 66.2 cm³/mol. The Hall–Kier alpha value is -1.75. The maximum absolute atomic E-state index is 13.6. The summed E-state index contributed by atoms with van der Waals surface area (Å²) in [6, 6.07) is 2.20. The number of benzene rings is 1. The number of hydrogen-bond donors (Lipinski definition) is 1. The molecule has 0 fully saturated rings. The summed E-state index contributed by atoms with van der Waals surface area (Å²) >= 11 is 5.82. The number of rotatable bonds is 2. The molecule has 1 heterocycles. The molecule has 0 aliphatic rings. The van der Waals surface area contributed by atoms with E-state index in [1.54, 1.807) is 6.92 Å². The molecule has 3 nitrogen and oxygen atoms in total. The highest BCUT2D eigenvalue weighted by Crippen LogP contribution is 2.25. The lowest BCUT2D eigenvalue weighted by Crippen LogP contribution is -2.01. The quantitative estimate of drug-likeness (QED) is 0.844. The SMILES string of the molecule is Cc1cc(F)c(Nc2ncnc(Cl)c2C)cc1F. The molecule has 94 valence electrons. The topological polar surface area (TPSA) is 37.8 Å². The van der Waals surface area contributed by atoms with Crippen molar-refractivity contribution in [2.75, 3.05) is 5.32 Å². The summed E-state index contributed by atoms with van der Waals surface area (Å²) in [4.78, 5) is 7.71. The number of nitrogens with zero attached hydrogens (tertiary/aromatic N) is 2. The molecule has 1 N–H and O–H groups in total. The minimum absolute atomic E-state index is 0.0102. The lowest BCUT2D eigenvalue weighted by atomic mass is 10.2. The Morgan fingerprint density at radius 2 is 1.83 bits per heavy atom. The van der Waals surface area contributed by atoms with E-state index in [0.717, 1.165) is 12.1 Å². The van der Waals surface area contributed by atoms with Gasteiger partial charge < -0.3 is 5.32 Å². The van der Waals surface area contributed by atoms with Crippen LogP contribution in [0.15, 0.2) is 18.5 Å². The largest absolute Gasteiger partial charge is 0.337 e. The van der Waals surface area contributed by atoms with E-state index in [-0.39, 0.29) is 16.4 Å². The second-order valence-electron chi connectivity index (χ2n) is 3.84. The molecule has 1 aromatic carbocycles. The lowest BCUT2D eigenvalue weighted by Gasteiger charge is -2.10. The smallest absolute Gasteiger partial charge is 0.147 e. The highest BCUT2D eigenvalue weighted by atomic mass is 35.5. The summed E-state index contributed by atoms with van der Waals surface area (Å²) < 4.78 is 27.0. The zero-order valence-corrected chi connectivity index (χ0v) is 10.5. The van der Waals surface area contributed by atoms with E-state index in [1.165, 1.54) is 13.3 Å². The van der Waals surface area contributed by atoms with Crippen molar-refractivity contribution >= 4 is 23.1 Å². The minimum atomic E-state index is -0.553. The summed E-state index contributed by atoms with van der Waals surface area (Å²) in [5, 5.41) is 2.96. The highest BCUT2D eigenvalue weighted by Gasteiger charge is 2.10. The molecule has 2 aromatic rings. The third-order valence-corrected chi connectivity index (χ3v) is 2.91. The first-order chi connectivity index (χ1) is 8.49. The molecular weight excluding hydrogens is 260 g/mol. The number of halogens is 3. The Morgan fingerprint density at radius 1 is 1.11 bits per heavy atom. The van der Waals surface area contributed by atoms with Crippen LogP contribution < -0.4 is 5.32 Å². The Bertz CT molecular complexity index is 602. The number of aromatic nitrogens is 2. The third-order valence-electron chi connectivity index (χ3n) is 2.52. The monoisotopic (exact) mass is 269 g/mol. The third kappa shape index (κ3) is 2.41. The first-order valence-corrected chi connectivity index (χ1v) is 5.56. The van der Waals surface area contributed by atoms with Crippen LogP contribution in [0.5, 0.6) is 0 Å². The van der Waals surface area contributed by atoms with E-state index in [9.17, 15) is 8.78 Å². The minimum Gasteiger partial charge on any atom is -0.337 e. The summed E-state index contributed by atoms with van der Waals surface area (Å²) in [6.45, 7) is 3.18. The van der Waals surface area contributed by atoms with Crippen LogP contribution in [0.25, 0.3) is 0 Å². The Balaban J connectivity index is 2.40. The van der Waals surface area contributed by atoms with Gasteiger partial charge in [-0.15, -0.1) is 0 Å². The number of hydrogen-bond acceptors (Lipinski definition) is 3. The molecule has 0 radical (unpaired) electrons. The number of anilines is 2. The van der Waals surface area contributed by atoms with Gasteiger partial charge >= 0.3 is 0 Å². The fourth-order valence-electron chi connectivity index (χ4n) is 1.42. The van der Waals surface area contributed by atoms with E-state index in [2.05, 4.69) is 15.3 Å². The van der Waals surface area contributed by atoms with Crippen molar-refractivity contribution in [1.29, 1.82) is 0 Å². The van der Waals surface area contributed by atoms with E-state index < -0.39 is 11.6 Å². The molecule has 0 unspecified atom stereocenters. The fraction of sp³-hybridized carbons (Fsp3) is 0.167. The van der Waals surface area contributed by atoms with Crippen molar-refractivity contribution in [2.45, 2.75) is 13.8 Å². The van der Waals surface area contributed by atoms with Gasteiger partial charge in [-0.3, -0.25) is 0 Å². The highest BCUT2D eigenvalue weighted by molar-refractivity contribution is 6.30. The van der Waals surface area contributed by atoms with Gasteiger partial charge in [-0.1, -0.05) is 11.6 Å². The van der Waals surface area contributed by atoms with Crippen molar-refractivity contribution in [3.8, 4) is 0 Å². The lowest BCUT2D eigenvalue weighted by molar-refractivity contribution is 0.595. The summed E-state index contributed by atoms with van der Waals surface area (Å²) in [7, 11) is 0. The molecule has 0 saturated carbocycles. The van der Waals surface area contributed by atoms with Crippen LogP contribution in [-0.2, 0) is 0 Å². The first-order valence-electron chi connectivity index (χ1n) is 5.19. The van der Waals surface area contributed by atoms with Gasteiger partial charge in [0.05, 0.1) is 5.69 Å². The van der Waals surface area contributed by atoms with Crippen molar-refractivity contribution in [3.05, 3.63) is 46.4 Å². The Morgan fingerprint density at radius 3 is 2.56 bits per heavy atom. The van der Waals surface area contributed by atoms with Gasteiger partial charge in [0.2, 0.25) is 0 Å². The maximum Gasteiger partial charge on any atom is 0.147 e. The summed E-state index contributed by atoms with van der Waals surface area (Å²) in [5.74, 6) is -0.697. The Labute approximate surface area is 108 Å². The molecule has 0 aliphatic carbocycles. The Kier molecular flexibility index (Phi) is 3.43. The molecule has 0 bridgehead atoms. The molecule has 6 heteroatoms. The molecule has 0 atom stereocenters. The van der Waals surface area contributed by atoms with Crippen LogP contribution in [-0.4, -0.2) is 9.97 Å². The van der Waals surface area contributed by atoms with Gasteiger partial charge in [0, 0.05) is 11.6 Å². The van der Waals surface area contributed by atoms with Gasteiger partial charge in [-0.2, -0.15) is 0 Å². The van der Waals surface area contributed by atoms with Gasteiger partial charge in [0.15, 0.2) is 0 Å². The zero-order valence-electron chi connectivity index (χ0n) is 9.76. The van der Waals surface area contributed by atoms with Crippen molar-refractivity contribution < 1.29 is 8.78 Å². The van der Waals surface area contributed by atoms with E-state index >= 15 is 0 Å². The predicted octanol–water partition coefficient (Wildman–Crippen LogP) is 3.77. The van der Waals surface area contributed by atoms with Gasteiger partial charge in [0.1, 0.15) is 28.9 Å². The molecule has 1 aromatic heterocycles. The zero-order chi connectivity index (χ0) is 13.3. The normalized spacial score (nSPS) is 10.5. The van der Waals surface area contributed by atoms with Crippen LogP contribution in [0.4, 0.5) is 20.3 Å². The van der Waals surface area contributed by atoms with Crippen LogP contribution >= 0.6 is 11.6 Å². The van der Waals surface area contributed by atoms with Crippen LogP contribution in [0.2, 0.25) is 5.15 Å². The van der Waals surface area contributed by atoms with Crippen molar-refractivity contribution in [1.82, 2.24) is 9.97 Å². The summed E-state index contributed by atoms with van der Waals surface area (Å²) in [5.41, 5.74) is 0.825. The molecule has 0 spiro atoms. The molecule has 0 saturated heterocycles. The van der Waals surface area contributed by atoms with Crippen molar-refractivity contribution in [3.63, 3.8) is 0 Å². The molecule has 0 amide bonds. The van der Waals surface area contributed by atoms with Crippen molar-refractivity contribution in [2.24, 2.45) is 0 Å². The van der Waals surface area contributed by atoms with E-state index in [4.69, 9.17) is 11.6 Å². The maximum atomic E-state index is 13.6. The second kappa shape index (κ2) is 4.86. The fourth-order valence-corrected chi connectivity index (χ4v) is 1.56. The van der Waals surface area contributed by atoms with Gasteiger partial charge in [-0.05, 0) is 25.5 Å². The molecular formula is C12H10ClF2N3. The summed E-state index contributed by atoms with van der Waals surface area (Å²) in [6.07, 6.45) is 1.25. The number of nitrogens with one attached hydrogen (secondary N) is 1. The van der Waals surface area contributed by atoms with Crippen LogP contribution in [0, 0.1) is 25.5 Å². The average Bonchev–Trinajstić information content (AvgIpc) is 2.32. The molecule has 18 heavy (non-hydrogen) atoms.